The molecular weight excluding hydrogens is 198 g/mol. The van der Waals surface area contributed by atoms with Crippen molar-refractivity contribution in [2.45, 2.75) is 0 Å². The first-order valence-corrected chi connectivity index (χ1v) is 4.03. The molecule has 78 valence electrons. The van der Waals surface area contributed by atoms with E-state index >= 15 is 0 Å². The van der Waals surface area contributed by atoms with Crippen LogP contribution in [0.1, 0.15) is 10.4 Å². The van der Waals surface area contributed by atoms with E-state index in [0.717, 1.165) is 0 Å². The second-order valence-electron chi connectivity index (χ2n) is 2.63. The third kappa shape index (κ3) is 2.80. The Hall–Kier alpha value is -2.37. The van der Waals surface area contributed by atoms with Crippen LogP contribution in [0.5, 0.6) is 0 Å². The fraction of sp³-hybridized carbons (Fsp3) is 0. The van der Waals surface area contributed by atoms with Gasteiger partial charge in [0.2, 0.25) is 5.84 Å². The van der Waals surface area contributed by atoms with Crippen LogP contribution < -0.4 is 11.1 Å². The molecule has 6 nitrogen and oxygen atoms in total. The highest BCUT2D eigenvalue weighted by atomic mass is 16.4. The molecule has 0 atom stereocenters. The molecular formula is C9H9N3O3. The summed E-state index contributed by atoms with van der Waals surface area (Å²) in [6.07, 6.45) is 0. The number of amidine groups is 1. The van der Waals surface area contributed by atoms with Crippen LogP contribution in [0, 0.1) is 0 Å². The summed E-state index contributed by atoms with van der Waals surface area (Å²) in [4.78, 5) is 22.4. The van der Waals surface area contributed by atoms with Gasteiger partial charge in [0.05, 0.1) is 0 Å². The third-order valence-corrected chi connectivity index (χ3v) is 1.60. The molecule has 2 amide bonds. The predicted octanol–water partition coefficient (Wildman–Crippen LogP) is -0.311. The van der Waals surface area contributed by atoms with Crippen molar-refractivity contribution in [2.75, 3.05) is 0 Å². The smallest absolute Gasteiger partial charge is 0.296 e. The normalized spacial score (nSPS) is 10.8. The van der Waals surface area contributed by atoms with E-state index in [2.05, 4.69) is 5.16 Å². The summed E-state index contributed by atoms with van der Waals surface area (Å²) in [5.74, 6) is -2.21. The van der Waals surface area contributed by atoms with E-state index < -0.39 is 17.6 Å². The summed E-state index contributed by atoms with van der Waals surface area (Å²) < 4.78 is 0. The third-order valence-electron chi connectivity index (χ3n) is 1.60. The standard InChI is InChI=1S/C9H9N3O3/c10-7(12-15)9(14)11-8(13)6-4-2-1-3-5-6/h1-5,15H,(H2,10,12)(H,11,13,14). The van der Waals surface area contributed by atoms with Gasteiger partial charge >= 0.3 is 0 Å². The largest absolute Gasteiger partial charge is 0.409 e. The van der Waals surface area contributed by atoms with Crippen LogP contribution in [0.4, 0.5) is 0 Å². The summed E-state index contributed by atoms with van der Waals surface area (Å²) in [6, 6.07) is 8.12. The van der Waals surface area contributed by atoms with Gasteiger partial charge in [0.15, 0.2) is 0 Å². The number of carbonyl (C=O) groups is 2. The zero-order chi connectivity index (χ0) is 11.3. The minimum Gasteiger partial charge on any atom is -0.409 e. The summed E-state index contributed by atoms with van der Waals surface area (Å²) in [7, 11) is 0. The zero-order valence-corrected chi connectivity index (χ0v) is 7.68. The number of rotatable bonds is 1. The molecule has 0 radical (unpaired) electrons. The van der Waals surface area contributed by atoms with E-state index in [-0.39, 0.29) is 0 Å². The van der Waals surface area contributed by atoms with Crippen molar-refractivity contribution in [1.29, 1.82) is 0 Å². The van der Waals surface area contributed by atoms with Crippen LogP contribution in [-0.2, 0) is 4.79 Å². The first kappa shape index (κ1) is 10.7. The quantitative estimate of drug-likeness (QED) is 0.254. The average Bonchev–Trinajstić information content (AvgIpc) is 2.29. The van der Waals surface area contributed by atoms with Gasteiger partial charge in [-0.2, -0.15) is 0 Å². The number of hydrogen-bond acceptors (Lipinski definition) is 4. The fourth-order valence-corrected chi connectivity index (χ4v) is 0.874. The van der Waals surface area contributed by atoms with Crippen molar-refractivity contribution in [3.63, 3.8) is 0 Å². The molecule has 0 aliphatic rings. The number of imide groups is 1. The lowest BCUT2D eigenvalue weighted by Gasteiger charge is -2.01. The lowest BCUT2D eigenvalue weighted by molar-refractivity contribution is -0.114. The van der Waals surface area contributed by atoms with Crippen LogP contribution in [-0.4, -0.2) is 22.9 Å². The van der Waals surface area contributed by atoms with E-state index in [1.54, 1.807) is 18.2 Å². The Labute approximate surface area is 85.4 Å². The molecule has 1 aromatic carbocycles. The van der Waals surface area contributed by atoms with E-state index in [4.69, 9.17) is 10.9 Å². The number of hydrogen-bond donors (Lipinski definition) is 3. The van der Waals surface area contributed by atoms with Gasteiger partial charge in [0.25, 0.3) is 11.8 Å². The number of amides is 2. The molecule has 1 rings (SSSR count). The number of carbonyl (C=O) groups excluding carboxylic acids is 2. The molecule has 0 spiro atoms. The van der Waals surface area contributed by atoms with Gasteiger partial charge in [-0.3, -0.25) is 14.9 Å². The van der Waals surface area contributed by atoms with E-state index in [1.165, 1.54) is 12.1 Å². The van der Waals surface area contributed by atoms with Crippen molar-refractivity contribution < 1.29 is 14.8 Å². The Bertz CT molecular complexity index is 400. The Morgan fingerprint density at radius 3 is 2.40 bits per heavy atom. The highest BCUT2D eigenvalue weighted by molar-refractivity contribution is 6.40. The second-order valence-corrected chi connectivity index (χ2v) is 2.63. The SMILES string of the molecule is N/C(=N\O)C(=O)NC(=O)c1ccccc1. The maximum atomic E-state index is 11.4. The summed E-state index contributed by atoms with van der Waals surface area (Å²) in [5, 5.41) is 12.6. The minimum absolute atomic E-state index is 0.316. The lowest BCUT2D eigenvalue weighted by atomic mass is 10.2. The molecule has 0 bridgehead atoms. The lowest BCUT2D eigenvalue weighted by Crippen LogP contribution is -2.39. The Balaban J connectivity index is 2.69. The first-order valence-electron chi connectivity index (χ1n) is 4.03. The minimum atomic E-state index is -0.939. The molecule has 0 unspecified atom stereocenters. The molecule has 0 fully saturated rings. The number of benzene rings is 1. The van der Waals surface area contributed by atoms with Crippen molar-refractivity contribution in [1.82, 2.24) is 5.32 Å². The summed E-state index contributed by atoms with van der Waals surface area (Å²) >= 11 is 0. The van der Waals surface area contributed by atoms with Crippen LogP contribution in [0.15, 0.2) is 35.5 Å². The van der Waals surface area contributed by atoms with E-state index in [9.17, 15) is 9.59 Å². The van der Waals surface area contributed by atoms with Gasteiger partial charge in [-0.05, 0) is 12.1 Å². The van der Waals surface area contributed by atoms with Crippen molar-refractivity contribution in [2.24, 2.45) is 10.9 Å². The van der Waals surface area contributed by atoms with Crippen molar-refractivity contribution >= 4 is 17.6 Å². The van der Waals surface area contributed by atoms with Gasteiger partial charge in [-0.1, -0.05) is 23.4 Å². The molecule has 0 aliphatic carbocycles. The zero-order valence-electron chi connectivity index (χ0n) is 7.68. The highest BCUT2D eigenvalue weighted by Gasteiger charge is 2.12. The van der Waals surface area contributed by atoms with Crippen LogP contribution >= 0.6 is 0 Å². The monoisotopic (exact) mass is 207 g/mol. The van der Waals surface area contributed by atoms with Gasteiger partial charge in [0.1, 0.15) is 0 Å². The predicted molar refractivity (Wildman–Crippen MR) is 52.3 cm³/mol. The number of oxime groups is 1. The molecule has 0 heterocycles. The molecule has 0 aromatic heterocycles. The van der Waals surface area contributed by atoms with Gasteiger partial charge in [-0.15, -0.1) is 0 Å². The fourth-order valence-electron chi connectivity index (χ4n) is 0.874. The van der Waals surface area contributed by atoms with Gasteiger partial charge < -0.3 is 10.9 Å². The van der Waals surface area contributed by atoms with E-state index in [0.29, 0.717) is 5.56 Å². The van der Waals surface area contributed by atoms with Crippen LogP contribution in [0.2, 0.25) is 0 Å². The van der Waals surface area contributed by atoms with Crippen LogP contribution in [0.3, 0.4) is 0 Å². The molecule has 0 saturated heterocycles. The number of nitrogens with one attached hydrogen (secondary N) is 1. The number of nitrogens with zero attached hydrogens (tertiary/aromatic N) is 1. The maximum Gasteiger partial charge on any atom is 0.296 e. The van der Waals surface area contributed by atoms with Gasteiger partial charge in [-0.25, -0.2) is 0 Å². The molecule has 15 heavy (non-hydrogen) atoms. The summed E-state index contributed by atoms with van der Waals surface area (Å²) in [6.45, 7) is 0. The Kier molecular flexibility index (Phi) is 3.39. The molecule has 6 heteroatoms. The Morgan fingerprint density at radius 1 is 1.27 bits per heavy atom. The first-order chi connectivity index (χ1) is 7.15. The second kappa shape index (κ2) is 4.75. The highest BCUT2D eigenvalue weighted by Crippen LogP contribution is 1.97. The van der Waals surface area contributed by atoms with Crippen LogP contribution in [0.25, 0.3) is 0 Å². The molecule has 1 aromatic rings. The van der Waals surface area contributed by atoms with Crippen molar-refractivity contribution in [3.8, 4) is 0 Å². The number of nitrogens with two attached hydrogens (primary N) is 1. The van der Waals surface area contributed by atoms with Crippen molar-refractivity contribution in [3.05, 3.63) is 35.9 Å². The maximum absolute atomic E-state index is 11.4. The Morgan fingerprint density at radius 2 is 1.87 bits per heavy atom. The molecule has 0 saturated carbocycles. The van der Waals surface area contributed by atoms with Gasteiger partial charge in [0, 0.05) is 5.56 Å². The average molecular weight is 207 g/mol. The molecule has 4 N–H and O–H groups in total. The van der Waals surface area contributed by atoms with E-state index in [1.807, 2.05) is 5.32 Å². The molecule has 0 aliphatic heterocycles. The topological polar surface area (TPSA) is 105 Å². The summed E-state index contributed by atoms with van der Waals surface area (Å²) in [5.41, 5.74) is 5.29.